The van der Waals surface area contributed by atoms with E-state index in [9.17, 15) is 4.79 Å². The molecule has 5 heteroatoms. The van der Waals surface area contributed by atoms with E-state index in [0.29, 0.717) is 11.5 Å². The molecule has 2 rings (SSSR count). The largest absolute Gasteiger partial charge is 0.341 e. The van der Waals surface area contributed by atoms with Gasteiger partial charge in [-0.15, -0.1) is 0 Å². The molecule has 24 heavy (non-hydrogen) atoms. The number of benzene rings is 1. The van der Waals surface area contributed by atoms with Crippen molar-refractivity contribution in [2.24, 2.45) is 0 Å². The van der Waals surface area contributed by atoms with Crippen molar-refractivity contribution in [1.29, 1.82) is 0 Å². The highest BCUT2D eigenvalue weighted by Crippen LogP contribution is 2.15. The van der Waals surface area contributed by atoms with Crippen LogP contribution in [0.4, 0.5) is 11.6 Å². The van der Waals surface area contributed by atoms with E-state index in [1.54, 1.807) is 12.4 Å². The molecule has 1 heterocycles. The van der Waals surface area contributed by atoms with Crippen molar-refractivity contribution in [3.05, 3.63) is 47.3 Å². The van der Waals surface area contributed by atoms with Crippen molar-refractivity contribution in [2.75, 3.05) is 23.3 Å². The van der Waals surface area contributed by atoms with Gasteiger partial charge < -0.3 is 10.2 Å². The summed E-state index contributed by atoms with van der Waals surface area (Å²) >= 11 is 0. The van der Waals surface area contributed by atoms with Crippen LogP contribution in [-0.2, 0) is 0 Å². The second-order valence-corrected chi connectivity index (χ2v) is 6.09. The van der Waals surface area contributed by atoms with Gasteiger partial charge in [0.2, 0.25) is 5.95 Å². The summed E-state index contributed by atoms with van der Waals surface area (Å²) in [7, 11) is 0. The maximum atomic E-state index is 12.4. The van der Waals surface area contributed by atoms with E-state index < -0.39 is 0 Å². The quantitative estimate of drug-likeness (QED) is 0.836. The molecular formula is C19H26N4O. The molecule has 0 aliphatic heterocycles. The summed E-state index contributed by atoms with van der Waals surface area (Å²) in [6, 6.07) is 5.97. The van der Waals surface area contributed by atoms with Gasteiger partial charge in [0, 0.05) is 31.2 Å². The molecule has 0 bridgehead atoms. The zero-order chi connectivity index (χ0) is 17.5. The molecule has 1 aromatic heterocycles. The minimum atomic E-state index is -0.191. The second-order valence-electron chi connectivity index (χ2n) is 6.09. The van der Waals surface area contributed by atoms with Crippen molar-refractivity contribution in [2.45, 2.75) is 40.5 Å². The van der Waals surface area contributed by atoms with Gasteiger partial charge in [-0.25, -0.2) is 9.97 Å². The Labute approximate surface area is 144 Å². The lowest BCUT2D eigenvalue weighted by atomic mass is 10.1. The van der Waals surface area contributed by atoms with Gasteiger partial charge in [0.05, 0.1) is 5.56 Å². The Balaban J connectivity index is 2.10. The van der Waals surface area contributed by atoms with Gasteiger partial charge in [0.15, 0.2) is 0 Å². The second kappa shape index (κ2) is 8.43. The molecule has 1 N–H and O–H groups in total. The number of amides is 1. The number of carbonyl (C=O) groups excluding carboxylic acids is 1. The highest BCUT2D eigenvalue weighted by Gasteiger charge is 2.11. The standard InChI is InChI=1S/C19H26N4O/c1-5-7-23(8-6-2)19-20-12-16(13-21-19)18(24)22-17-10-14(3)9-15(4)11-17/h9-13H,5-8H2,1-4H3,(H,22,24). The van der Waals surface area contributed by atoms with Gasteiger partial charge >= 0.3 is 0 Å². The zero-order valence-corrected chi connectivity index (χ0v) is 15.0. The molecule has 2 aromatic rings. The molecule has 0 atom stereocenters. The number of hydrogen-bond donors (Lipinski definition) is 1. The topological polar surface area (TPSA) is 58.1 Å². The number of anilines is 2. The predicted octanol–water partition coefficient (Wildman–Crippen LogP) is 3.97. The van der Waals surface area contributed by atoms with Crippen LogP contribution >= 0.6 is 0 Å². The summed E-state index contributed by atoms with van der Waals surface area (Å²) in [5, 5.41) is 2.91. The lowest BCUT2D eigenvalue weighted by molar-refractivity contribution is 0.102. The third-order valence-electron chi connectivity index (χ3n) is 3.65. The first-order chi connectivity index (χ1) is 11.5. The number of rotatable bonds is 7. The summed E-state index contributed by atoms with van der Waals surface area (Å²) in [5.74, 6) is 0.491. The van der Waals surface area contributed by atoms with E-state index in [4.69, 9.17) is 0 Å². The molecular weight excluding hydrogens is 300 g/mol. The molecule has 5 nitrogen and oxygen atoms in total. The van der Waals surface area contributed by atoms with E-state index in [0.717, 1.165) is 42.7 Å². The molecule has 0 radical (unpaired) electrons. The van der Waals surface area contributed by atoms with Gasteiger partial charge in [0.1, 0.15) is 0 Å². The molecule has 0 spiro atoms. The minimum absolute atomic E-state index is 0.191. The van der Waals surface area contributed by atoms with Crippen LogP contribution in [0.25, 0.3) is 0 Å². The van der Waals surface area contributed by atoms with Crippen LogP contribution < -0.4 is 10.2 Å². The van der Waals surface area contributed by atoms with Crippen LogP contribution in [-0.4, -0.2) is 29.0 Å². The molecule has 0 saturated carbocycles. The normalized spacial score (nSPS) is 10.5. The fraction of sp³-hybridized carbons (Fsp3) is 0.421. The number of nitrogens with one attached hydrogen (secondary N) is 1. The van der Waals surface area contributed by atoms with Crippen LogP contribution in [0.2, 0.25) is 0 Å². The Hall–Kier alpha value is -2.43. The average Bonchev–Trinajstić information content (AvgIpc) is 2.54. The summed E-state index contributed by atoms with van der Waals surface area (Å²) in [5.41, 5.74) is 3.49. The van der Waals surface area contributed by atoms with E-state index in [1.165, 1.54) is 0 Å². The Morgan fingerprint density at radius 1 is 1.00 bits per heavy atom. The number of carbonyl (C=O) groups is 1. The van der Waals surface area contributed by atoms with Gasteiger partial charge in [0.25, 0.3) is 5.91 Å². The molecule has 1 aromatic carbocycles. The van der Waals surface area contributed by atoms with E-state index >= 15 is 0 Å². The Morgan fingerprint density at radius 2 is 1.54 bits per heavy atom. The molecule has 0 saturated heterocycles. The van der Waals surface area contributed by atoms with Gasteiger partial charge in [-0.05, 0) is 49.9 Å². The third kappa shape index (κ3) is 4.78. The van der Waals surface area contributed by atoms with Gasteiger partial charge in [-0.1, -0.05) is 19.9 Å². The van der Waals surface area contributed by atoms with E-state index in [1.807, 2.05) is 26.0 Å². The fourth-order valence-corrected chi connectivity index (χ4v) is 2.70. The van der Waals surface area contributed by atoms with Crippen molar-refractivity contribution in [1.82, 2.24) is 9.97 Å². The Morgan fingerprint density at radius 3 is 2.04 bits per heavy atom. The van der Waals surface area contributed by atoms with E-state index in [-0.39, 0.29) is 5.91 Å². The molecule has 0 aliphatic rings. The fourth-order valence-electron chi connectivity index (χ4n) is 2.70. The third-order valence-corrected chi connectivity index (χ3v) is 3.65. The maximum Gasteiger partial charge on any atom is 0.258 e. The molecule has 1 amide bonds. The first kappa shape index (κ1) is 17.9. The Bertz CT molecular complexity index is 656. The predicted molar refractivity (Wildman–Crippen MR) is 98.7 cm³/mol. The average molecular weight is 326 g/mol. The number of hydrogen-bond acceptors (Lipinski definition) is 4. The van der Waals surface area contributed by atoms with Crippen LogP contribution in [0, 0.1) is 13.8 Å². The summed E-state index contributed by atoms with van der Waals surface area (Å²) in [6.07, 6.45) is 5.27. The molecule has 0 unspecified atom stereocenters. The maximum absolute atomic E-state index is 12.4. The number of nitrogens with zero attached hydrogens (tertiary/aromatic N) is 3. The van der Waals surface area contributed by atoms with Crippen molar-refractivity contribution in [3.63, 3.8) is 0 Å². The van der Waals surface area contributed by atoms with Crippen LogP contribution in [0.15, 0.2) is 30.6 Å². The number of aromatic nitrogens is 2. The Kier molecular flexibility index (Phi) is 6.29. The van der Waals surface area contributed by atoms with Crippen molar-refractivity contribution in [3.8, 4) is 0 Å². The first-order valence-electron chi connectivity index (χ1n) is 8.50. The monoisotopic (exact) mass is 326 g/mol. The van der Waals surface area contributed by atoms with Gasteiger partial charge in [-0.2, -0.15) is 0 Å². The van der Waals surface area contributed by atoms with Gasteiger partial charge in [-0.3, -0.25) is 4.79 Å². The van der Waals surface area contributed by atoms with Crippen LogP contribution in [0.5, 0.6) is 0 Å². The lowest BCUT2D eigenvalue weighted by Gasteiger charge is -2.21. The SMILES string of the molecule is CCCN(CCC)c1ncc(C(=O)Nc2cc(C)cc(C)c2)cn1. The number of aryl methyl sites for hydroxylation is 2. The summed E-state index contributed by atoms with van der Waals surface area (Å²) in [6.45, 7) is 10.1. The molecule has 0 aliphatic carbocycles. The first-order valence-corrected chi connectivity index (χ1v) is 8.50. The van der Waals surface area contributed by atoms with Crippen LogP contribution in [0.3, 0.4) is 0 Å². The lowest BCUT2D eigenvalue weighted by Crippen LogP contribution is -2.27. The molecule has 0 fully saturated rings. The summed E-state index contributed by atoms with van der Waals surface area (Å²) in [4.78, 5) is 23.2. The summed E-state index contributed by atoms with van der Waals surface area (Å²) < 4.78 is 0. The smallest absolute Gasteiger partial charge is 0.258 e. The van der Waals surface area contributed by atoms with E-state index in [2.05, 4.69) is 40.1 Å². The highest BCUT2D eigenvalue weighted by molar-refractivity contribution is 6.04. The minimum Gasteiger partial charge on any atom is -0.341 e. The zero-order valence-electron chi connectivity index (χ0n) is 15.0. The van der Waals surface area contributed by atoms with Crippen molar-refractivity contribution < 1.29 is 4.79 Å². The van der Waals surface area contributed by atoms with Crippen molar-refractivity contribution >= 4 is 17.5 Å². The molecule has 128 valence electrons. The van der Waals surface area contributed by atoms with Crippen LogP contribution in [0.1, 0.15) is 48.2 Å². The highest BCUT2D eigenvalue weighted by atomic mass is 16.1.